The number of nitrogens with zero attached hydrogens (tertiary/aromatic N) is 1. The molecule has 2 rings (SSSR count). The average Bonchev–Trinajstić information content (AvgIpc) is 2.48. The van der Waals surface area contributed by atoms with Crippen LogP contribution in [-0.2, 0) is 4.79 Å². The van der Waals surface area contributed by atoms with Crippen molar-refractivity contribution < 1.29 is 14.7 Å². The van der Waals surface area contributed by atoms with E-state index in [0.29, 0.717) is 37.9 Å². The van der Waals surface area contributed by atoms with Crippen LogP contribution in [0.3, 0.4) is 0 Å². The van der Waals surface area contributed by atoms with Gasteiger partial charge in [-0.05, 0) is 54.0 Å². The topological polar surface area (TPSA) is 57.6 Å². The summed E-state index contributed by atoms with van der Waals surface area (Å²) in [5.41, 5.74) is 0.0615. The number of carbonyl (C=O) groups excluding carboxylic acids is 1. The van der Waals surface area contributed by atoms with Gasteiger partial charge in [0.15, 0.2) is 0 Å². The van der Waals surface area contributed by atoms with Crippen molar-refractivity contribution in [3.63, 3.8) is 0 Å². The molecular weight excluding hydrogens is 381 g/mol. The molecule has 0 spiro atoms. The number of aliphatic carboxylic acids is 1. The molecule has 1 heterocycles. The van der Waals surface area contributed by atoms with Crippen LogP contribution in [0.4, 0.5) is 0 Å². The number of amides is 1. The van der Waals surface area contributed by atoms with E-state index in [9.17, 15) is 14.7 Å². The van der Waals surface area contributed by atoms with Crippen LogP contribution in [0.15, 0.2) is 24.3 Å². The van der Waals surface area contributed by atoms with Crippen LogP contribution >= 0.6 is 22.6 Å². The summed E-state index contributed by atoms with van der Waals surface area (Å²) in [6.07, 6.45) is 2.64. The molecule has 0 saturated carbocycles. The first-order valence-electron chi connectivity index (χ1n) is 7.27. The molecule has 0 bridgehead atoms. The van der Waals surface area contributed by atoms with Gasteiger partial charge in [-0.2, -0.15) is 0 Å². The minimum absolute atomic E-state index is 0.00971. The van der Waals surface area contributed by atoms with Gasteiger partial charge in [-0.1, -0.05) is 25.5 Å². The Balaban J connectivity index is 2.09. The minimum atomic E-state index is -0.717. The van der Waals surface area contributed by atoms with Gasteiger partial charge < -0.3 is 10.0 Å². The zero-order valence-corrected chi connectivity index (χ0v) is 14.3. The lowest BCUT2D eigenvalue weighted by Crippen LogP contribution is -2.46. The third-order valence-electron chi connectivity index (χ3n) is 4.29. The van der Waals surface area contributed by atoms with Crippen molar-refractivity contribution in [2.75, 3.05) is 13.1 Å². The summed E-state index contributed by atoms with van der Waals surface area (Å²) in [5, 5.41) is 9.50. The van der Waals surface area contributed by atoms with Gasteiger partial charge in [0.2, 0.25) is 0 Å². The monoisotopic (exact) mass is 401 g/mol. The largest absolute Gasteiger partial charge is 0.481 e. The lowest BCUT2D eigenvalue weighted by atomic mass is 9.75. The SMILES string of the molecule is CCCC1(C(=O)O)CCN(C(=O)c2ccccc2I)CC1. The van der Waals surface area contributed by atoms with Gasteiger partial charge in [0.05, 0.1) is 11.0 Å². The Labute approximate surface area is 138 Å². The summed E-state index contributed by atoms with van der Waals surface area (Å²) >= 11 is 2.16. The quantitative estimate of drug-likeness (QED) is 0.787. The number of likely N-dealkylation sites (tertiary alicyclic amines) is 1. The normalized spacial score (nSPS) is 17.5. The van der Waals surface area contributed by atoms with Crippen molar-refractivity contribution in [3.8, 4) is 0 Å². The van der Waals surface area contributed by atoms with Gasteiger partial charge in [0.1, 0.15) is 0 Å². The first kappa shape index (κ1) is 16.3. The van der Waals surface area contributed by atoms with E-state index in [4.69, 9.17) is 0 Å². The Kier molecular flexibility index (Phi) is 5.24. The molecule has 1 fully saturated rings. The molecular formula is C16H20INO3. The zero-order chi connectivity index (χ0) is 15.5. The summed E-state index contributed by atoms with van der Waals surface area (Å²) in [4.78, 5) is 25.9. The van der Waals surface area contributed by atoms with Crippen molar-refractivity contribution in [2.45, 2.75) is 32.6 Å². The molecule has 0 atom stereocenters. The van der Waals surface area contributed by atoms with Gasteiger partial charge in [0.25, 0.3) is 5.91 Å². The van der Waals surface area contributed by atoms with E-state index in [0.717, 1.165) is 9.99 Å². The molecule has 114 valence electrons. The maximum Gasteiger partial charge on any atom is 0.309 e. The number of hydrogen-bond donors (Lipinski definition) is 1. The molecule has 1 saturated heterocycles. The molecule has 5 heteroatoms. The number of hydrogen-bond acceptors (Lipinski definition) is 2. The second-order valence-electron chi connectivity index (χ2n) is 5.61. The van der Waals surface area contributed by atoms with Gasteiger partial charge in [-0.25, -0.2) is 0 Å². The highest BCUT2D eigenvalue weighted by Crippen LogP contribution is 2.37. The first-order valence-corrected chi connectivity index (χ1v) is 8.35. The fourth-order valence-corrected chi connectivity index (χ4v) is 3.61. The molecule has 1 aromatic carbocycles. The van der Waals surface area contributed by atoms with E-state index in [-0.39, 0.29) is 5.91 Å². The first-order chi connectivity index (χ1) is 10.00. The van der Waals surface area contributed by atoms with Crippen molar-refractivity contribution in [3.05, 3.63) is 33.4 Å². The second kappa shape index (κ2) is 6.77. The Hall–Kier alpha value is -1.11. The zero-order valence-electron chi connectivity index (χ0n) is 12.1. The highest BCUT2D eigenvalue weighted by molar-refractivity contribution is 14.1. The smallest absolute Gasteiger partial charge is 0.309 e. The van der Waals surface area contributed by atoms with Gasteiger partial charge in [-0.3, -0.25) is 9.59 Å². The fourth-order valence-electron chi connectivity index (χ4n) is 2.99. The predicted molar refractivity (Wildman–Crippen MR) is 89.3 cm³/mol. The third-order valence-corrected chi connectivity index (χ3v) is 5.23. The molecule has 4 nitrogen and oxygen atoms in total. The number of benzene rings is 1. The van der Waals surface area contributed by atoms with E-state index in [1.165, 1.54) is 0 Å². The summed E-state index contributed by atoms with van der Waals surface area (Å²) < 4.78 is 0.934. The summed E-state index contributed by atoms with van der Waals surface area (Å²) in [5.74, 6) is -0.707. The number of carboxylic acids is 1. The molecule has 1 aromatic rings. The summed E-state index contributed by atoms with van der Waals surface area (Å²) in [6, 6.07) is 7.51. The average molecular weight is 401 g/mol. The molecule has 21 heavy (non-hydrogen) atoms. The summed E-state index contributed by atoms with van der Waals surface area (Å²) in [7, 11) is 0. The molecule has 0 aromatic heterocycles. The summed E-state index contributed by atoms with van der Waals surface area (Å²) in [6.45, 7) is 3.06. The number of carbonyl (C=O) groups is 2. The highest BCUT2D eigenvalue weighted by atomic mass is 127. The number of piperidine rings is 1. The third kappa shape index (κ3) is 3.39. The fraction of sp³-hybridized carbons (Fsp3) is 0.500. The van der Waals surface area contributed by atoms with Gasteiger partial charge in [-0.15, -0.1) is 0 Å². The maximum atomic E-state index is 12.5. The Morgan fingerprint density at radius 2 is 1.90 bits per heavy atom. The molecule has 0 unspecified atom stereocenters. The molecule has 0 aliphatic carbocycles. The lowest BCUT2D eigenvalue weighted by molar-refractivity contribution is -0.152. The Morgan fingerprint density at radius 1 is 1.29 bits per heavy atom. The van der Waals surface area contributed by atoms with Crippen LogP contribution in [0.1, 0.15) is 43.0 Å². The van der Waals surface area contributed by atoms with Crippen molar-refractivity contribution in [1.29, 1.82) is 0 Å². The second-order valence-corrected chi connectivity index (χ2v) is 6.77. The predicted octanol–water partition coefficient (Wildman–Crippen LogP) is 3.40. The molecule has 1 amide bonds. The molecule has 1 N–H and O–H groups in total. The van der Waals surface area contributed by atoms with Crippen LogP contribution in [0.5, 0.6) is 0 Å². The van der Waals surface area contributed by atoms with Crippen LogP contribution in [0.2, 0.25) is 0 Å². The van der Waals surface area contributed by atoms with E-state index in [2.05, 4.69) is 22.6 Å². The lowest BCUT2D eigenvalue weighted by Gasteiger charge is -2.39. The standard InChI is InChI=1S/C16H20INO3/c1-2-7-16(15(20)21)8-10-18(11-9-16)14(19)12-5-3-4-6-13(12)17/h3-6H,2,7-11H2,1H3,(H,20,21). The van der Waals surface area contributed by atoms with E-state index >= 15 is 0 Å². The van der Waals surface area contributed by atoms with E-state index < -0.39 is 11.4 Å². The van der Waals surface area contributed by atoms with Crippen molar-refractivity contribution in [2.24, 2.45) is 5.41 Å². The Morgan fingerprint density at radius 3 is 2.43 bits per heavy atom. The van der Waals surface area contributed by atoms with Crippen LogP contribution < -0.4 is 0 Å². The molecule has 0 radical (unpaired) electrons. The number of halogens is 1. The van der Waals surface area contributed by atoms with Crippen LogP contribution in [-0.4, -0.2) is 35.0 Å². The highest BCUT2D eigenvalue weighted by Gasteiger charge is 2.41. The van der Waals surface area contributed by atoms with Gasteiger partial charge >= 0.3 is 5.97 Å². The van der Waals surface area contributed by atoms with E-state index in [1.54, 1.807) is 4.90 Å². The van der Waals surface area contributed by atoms with Crippen LogP contribution in [0.25, 0.3) is 0 Å². The number of carboxylic acid groups (broad SMARTS) is 1. The van der Waals surface area contributed by atoms with E-state index in [1.807, 2.05) is 31.2 Å². The molecule has 1 aliphatic rings. The molecule has 1 aliphatic heterocycles. The minimum Gasteiger partial charge on any atom is -0.481 e. The van der Waals surface area contributed by atoms with Crippen molar-refractivity contribution in [1.82, 2.24) is 4.90 Å². The Bertz CT molecular complexity index is 536. The van der Waals surface area contributed by atoms with Crippen LogP contribution in [0, 0.1) is 8.99 Å². The maximum absolute atomic E-state index is 12.5. The number of rotatable bonds is 4. The van der Waals surface area contributed by atoms with Gasteiger partial charge in [0, 0.05) is 16.7 Å². The van der Waals surface area contributed by atoms with Crippen molar-refractivity contribution >= 4 is 34.5 Å².